The first kappa shape index (κ1) is 21.1. The highest BCUT2D eigenvalue weighted by molar-refractivity contribution is 7.91. The lowest BCUT2D eigenvalue weighted by molar-refractivity contribution is -0.132. The number of amides is 1. The number of likely N-dealkylation sites (tertiary alicyclic amines) is 1. The van der Waals surface area contributed by atoms with E-state index in [9.17, 15) is 13.2 Å². The first-order valence-electron chi connectivity index (χ1n) is 10.3. The number of hydrogen-bond donors (Lipinski definition) is 0. The Hall–Kier alpha value is -1.60. The minimum absolute atomic E-state index is 0.232. The summed E-state index contributed by atoms with van der Waals surface area (Å²) in [6, 6.07) is 8.43. The Bertz CT molecular complexity index is 743. The van der Waals surface area contributed by atoms with Gasteiger partial charge in [0.05, 0.1) is 18.1 Å². The average Bonchev–Trinajstić information content (AvgIpc) is 2.68. The molecule has 28 heavy (non-hydrogen) atoms. The summed E-state index contributed by atoms with van der Waals surface area (Å²) < 4.78 is 28.9. The predicted octanol–water partition coefficient (Wildman–Crippen LogP) is 2.27. The molecule has 0 spiro atoms. The molecule has 2 aliphatic heterocycles. The highest BCUT2D eigenvalue weighted by atomic mass is 32.2. The second-order valence-corrected chi connectivity index (χ2v) is 10.2. The van der Waals surface area contributed by atoms with Gasteiger partial charge in [0.1, 0.15) is 5.75 Å². The highest BCUT2D eigenvalue weighted by Gasteiger charge is 2.30. The van der Waals surface area contributed by atoms with E-state index in [1.807, 2.05) is 36.1 Å². The van der Waals surface area contributed by atoms with E-state index in [1.165, 1.54) is 5.56 Å². The maximum Gasteiger partial charge on any atom is 0.222 e. The van der Waals surface area contributed by atoms with Crippen LogP contribution in [0.25, 0.3) is 0 Å². The van der Waals surface area contributed by atoms with Crippen LogP contribution in [0.3, 0.4) is 0 Å². The number of hydrogen-bond acceptors (Lipinski definition) is 5. The standard InChI is InChI=1S/C21H32N2O4S/c1-18-5-4-6-20(17-18)27-14-3-2-7-21(24)23-10-8-19(9-11-23)22-12-15-28(25,26)16-13-22/h4-6,17,19H,2-3,7-16H2,1H3. The third-order valence-electron chi connectivity index (χ3n) is 5.76. The molecule has 2 aliphatic rings. The summed E-state index contributed by atoms with van der Waals surface area (Å²) in [5.41, 5.74) is 1.18. The Balaban J connectivity index is 1.30. The Kier molecular flexibility index (Phi) is 7.35. The van der Waals surface area contributed by atoms with Gasteiger partial charge in [0.15, 0.2) is 9.84 Å². The van der Waals surface area contributed by atoms with E-state index in [0.717, 1.165) is 44.5 Å². The van der Waals surface area contributed by atoms with Gasteiger partial charge in [-0.1, -0.05) is 12.1 Å². The van der Waals surface area contributed by atoms with Crippen molar-refractivity contribution in [3.05, 3.63) is 29.8 Å². The molecule has 7 heteroatoms. The summed E-state index contributed by atoms with van der Waals surface area (Å²) in [5.74, 6) is 1.67. The van der Waals surface area contributed by atoms with Crippen LogP contribution in [0.1, 0.15) is 37.7 Å². The van der Waals surface area contributed by atoms with Crippen molar-refractivity contribution in [3.8, 4) is 5.75 Å². The van der Waals surface area contributed by atoms with Gasteiger partial charge in [0.25, 0.3) is 0 Å². The zero-order valence-electron chi connectivity index (χ0n) is 16.8. The van der Waals surface area contributed by atoms with Gasteiger partial charge in [0.2, 0.25) is 5.91 Å². The molecule has 3 rings (SSSR count). The second kappa shape index (κ2) is 9.74. The van der Waals surface area contributed by atoms with Gasteiger partial charge in [-0.05, 0) is 50.3 Å². The van der Waals surface area contributed by atoms with Gasteiger partial charge in [-0.25, -0.2) is 8.42 Å². The van der Waals surface area contributed by atoms with Gasteiger partial charge in [-0.3, -0.25) is 9.69 Å². The van der Waals surface area contributed by atoms with Crippen LogP contribution in [0.2, 0.25) is 0 Å². The topological polar surface area (TPSA) is 66.9 Å². The maximum absolute atomic E-state index is 12.4. The number of unbranched alkanes of at least 4 members (excludes halogenated alkanes) is 1. The number of piperidine rings is 1. The van der Waals surface area contributed by atoms with E-state index in [1.54, 1.807) is 0 Å². The molecule has 156 valence electrons. The van der Waals surface area contributed by atoms with E-state index >= 15 is 0 Å². The predicted molar refractivity (Wildman–Crippen MR) is 110 cm³/mol. The van der Waals surface area contributed by atoms with Crippen molar-refractivity contribution >= 4 is 15.7 Å². The van der Waals surface area contributed by atoms with Crippen LogP contribution < -0.4 is 4.74 Å². The molecule has 0 radical (unpaired) electrons. The molecule has 0 aromatic heterocycles. The van der Waals surface area contributed by atoms with Crippen LogP contribution in [-0.2, 0) is 14.6 Å². The van der Waals surface area contributed by atoms with Crippen molar-refractivity contribution in [2.24, 2.45) is 0 Å². The van der Waals surface area contributed by atoms with E-state index in [4.69, 9.17) is 4.74 Å². The van der Waals surface area contributed by atoms with E-state index in [-0.39, 0.29) is 17.4 Å². The van der Waals surface area contributed by atoms with Crippen LogP contribution >= 0.6 is 0 Å². The second-order valence-electron chi connectivity index (χ2n) is 7.92. The number of benzene rings is 1. The van der Waals surface area contributed by atoms with Gasteiger partial charge >= 0.3 is 0 Å². The number of ether oxygens (including phenoxy) is 1. The normalized spacial score (nSPS) is 20.8. The molecule has 0 bridgehead atoms. The number of sulfone groups is 1. The molecule has 6 nitrogen and oxygen atoms in total. The summed E-state index contributed by atoms with van der Waals surface area (Å²) in [6.07, 6.45) is 4.18. The average molecular weight is 409 g/mol. The number of carbonyl (C=O) groups is 1. The molecular formula is C21H32N2O4S. The summed E-state index contributed by atoms with van der Waals surface area (Å²) in [6.45, 7) is 5.53. The lowest BCUT2D eigenvalue weighted by atomic mass is 10.0. The Morgan fingerprint density at radius 3 is 2.50 bits per heavy atom. The van der Waals surface area contributed by atoms with E-state index < -0.39 is 9.84 Å². The van der Waals surface area contributed by atoms with Crippen molar-refractivity contribution in [2.45, 2.75) is 45.1 Å². The van der Waals surface area contributed by atoms with Crippen LogP contribution in [0.5, 0.6) is 5.75 Å². The molecule has 0 aliphatic carbocycles. The zero-order chi connectivity index (χ0) is 20.0. The Morgan fingerprint density at radius 2 is 1.82 bits per heavy atom. The van der Waals surface area contributed by atoms with Crippen molar-refractivity contribution in [1.82, 2.24) is 9.80 Å². The van der Waals surface area contributed by atoms with Crippen LogP contribution in [0.15, 0.2) is 24.3 Å². The first-order chi connectivity index (χ1) is 13.4. The molecule has 2 heterocycles. The number of carbonyl (C=O) groups excluding carboxylic acids is 1. The fourth-order valence-corrected chi connectivity index (χ4v) is 5.23. The third-order valence-corrected chi connectivity index (χ3v) is 7.37. The summed E-state index contributed by atoms with van der Waals surface area (Å²) in [5, 5.41) is 0. The number of rotatable bonds is 7. The van der Waals surface area contributed by atoms with E-state index in [0.29, 0.717) is 32.2 Å². The smallest absolute Gasteiger partial charge is 0.222 e. The van der Waals surface area contributed by atoms with Gasteiger partial charge in [-0.2, -0.15) is 0 Å². The van der Waals surface area contributed by atoms with Gasteiger partial charge in [0, 0.05) is 38.6 Å². The van der Waals surface area contributed by atoms with Crippen LogP contribution in [0.4, 0.5) is 0 Å². The SMILES string of the molecule is Cc1cccc(OCCCCC(=O)N2CCC(N3CCS(=O)(=O)CC3)CC2)c1. The van der Waals surface area contributed by atoms with Crippen molar-refractivity contribution in [2.75, 3.05) is 44.3 Å². The molecule has 1 aromatic carbocycles. The monoisotopic (exact) mass is 408 g/mol. The fourth-order valence-electron chi connectivity index (χ4n) is 4.00. The quantitative estimate of drug-likeness (QED) is 0.648. The molecule has 2 fully saturated rings. The molecule has 0 N–H and O–H groups in total. The minimum atomic E-state index is -2.83. The Labute approximate surface area is 168 Å². The van der Waals surface area contributed by atoms with Gasteiger partial charge < -0.3 is 9.64 Å². The Morgan fingerprint density at radius 1 is 1.11 bits per heavy atom. The zero-order valence-corrected chi connectivity index (χ0v) is 17.6. The molecular weight excluding hydrogens is 376 g/mol. The highest BCUT2D eigenvalue weighted by Crippen LogP contribution is 2.20. The number of nitrogens with zero attached hydrogens (tertiary/aromatic N) is 2. The third kappa shape index (κ3) is 6.21. The summed E-state index contributed by atoms with van der Waals surface area (Å²) in [7, 11) is -2.83. The molecule has 0 atom stereocenters. The minimum Gasteiger partial charge on any atom is -0.494 e. The molecule has 0 unspecified atom stereocenters. The molecule has 2 saturated heterocycles. The maximum atomic E-state index is 12.4. The van der Waals surface area contributed by atoms with Crippen molar-refractivity contribution < 1.29 is 17.9 Å². The van der Waals surface area contributed by atoms with Crippen LogP contribution in [-0.4, -0.2) is 74.5 Å². The lowest BCUT2D eigenvalue weighted by Crippen LogP contribution is -2.51. The van der Waals surface area contributed by atoms with Gasteiger partial charge in [-0.15, -0.1) is 0 Å². The first-order valence-corrected chi connectivity index (χ1v) is 12.2. The molecule has 0 saturated carbocycles. The van der Waals surface area contributed by atoms with E-state index in [2.05, 4.69) is 4.90 Å². The van der Waals surface area contributed by atoms with Crippen molar-refractivity contribution in [1.29, 1.82) is 0 Å². The molecule has 1 aromatic rings. The largest absolute Gasteiger partial charge is 0.494 e. The number of aryl methyl sites for hydroxylation is 1. The van der Waals surface area contributed by atoms with Crippen molar-refractivity contribution in [3.63, 3.8) is 0 Å². The summed E-state index contributed by atoms with van der Waals surface area (Å²) >= 11 is 0. The summed E-state index contributed by atoms with van der Waals surface area (Å²) in [4.78, 5) is 16.7. The lowest BCUT2D eigenvalue weighted by Gasteiger charge is -2.40. The fraction of sp³-hybridized carbons (Fsp3) is 0.667. The van der Waals surface area contributed by atoms with Crippen LogP contribution in [0, 0.1) is 6.92 Å². The molecule has 1 amide bonds.